The van der Waals surface area contributed by atoms with Crippen LogP contribution < -0.4 is 0 Å². The molecule has 104 valence electrons. The number of amidine groups is 1. The Morgan fingerprint density at radius 2 is 1.58 bits per heavy atom. The first-order valence-corrected chi connectivity index (χ1v) is 6.19. The molecule has 2 rings (SSSR count). The van der Waals surface area contributed by atoms with Crippen LogP contribution in [0.15, 0.2) is 4.99 Å². The van der Waals surface area contributed by atoms with Crippen LogP contribution in [0.1, 0.15) is 0 Å². The maximum absolute atomic E-state index is 12.4. The van der Waals surface area contributed by atoms with E-state index in [-0.39, 0.29) is 5.84 Å². The molecule has 0 N–H and O–H groups in total. The normalized spacial score (nSPS) is 28.0. The van der Waals surface area contributed by atoms with Gasteiger partial charge in [0, 0.05) is 21.1 Å². The van der Waals surface area contributed by atoms with Crippen LogP contribution in [0.3, 0.4) is 0 Å². The van der Waals surface area contributed by atoms with Gasteiger partial charge < -0.3 is 4.90 Å². The summed E-state index contributed by atoms with van der Waals surface area (Å²) in [5.41, 5.74) is -1.94. The number of aliphatic imine (C=N–C) groups is 1. The van der Waals surface area contributed by atoms with E-state index < -0.39 is 27.3 Å². The van der Waals surface area contributed by atoms with Crippen LogP contribution >= 0.6 is 34.8 Å². The third kappa shape index (κ3) is 1.52. The second-order valence-electron chi connectivity index (χ2n) is 4.19. The highest BCUT2D eigenvalue weighted by Crippen LogP contribution is 2.48. The molecular formula is C9H9Cl3N4O3. The van der Waals surface area contributed by atoms with Gasteiger partial charge in [-0.1, -0.05) is 34.8 Å². The molecule has 0 radical (unpaired) electrons. The Morgan fingerprint density at radius 1 is 1.05 bits per heavy atom. The first-order valence-electron chi connectivity index (χ1n) is 5.06. The minimum absolute atomic E-state index is 0.187. The van der Waals surface area contributed by atoms with Crippen molar-refractivity contribution < 1.29 is 14.4 Å². The van der Waals surface area contributed by atoms with E-state index >= 15 is 0 Å². The van der Waals surface area contributed by atoms with Crippen LogP contribution in [0.25, 0.3) is 0 Å². The number of nitrogens with zero attached hydrogens (tertiary/aromatic N) is 4. The van der Waals surface area contributed by atoms with Gasteiger partial charge in [0.05, 0.1) is 0 Å². The fraction of sp³-hybridized carbons (Fsp3) is 0.556. The van der Waals surface area contributed by atoms with Crippen LogP contribution in [0, 0.1) is 0 Å². The van der Waals surface area contributed by atoms with Crippen LogP contribution in [0.5, 0.6) is 0 Å². The smallest absolute Gasteiger partial charge is 0.301 e. The number of hydrogen-bond donors (Lipinski definition) is 0. The van der Waals surface area contributed by atoms with E-state index in [1.807, 2.05) is 0 Å². The Balaban J connectivity index is 2.76. The summed E-state index contributed by atoms with van der Waals surface area (Å²) in [5, 5.41) is 0. The zero-order chi connectivity index (χ0) is 14.7. The number of fused-ring (bicyclic) bond motifs is 1. The lowest BCUT2D eigenvalue weighted by Gasteiger charge is -2.47. The largest absolute Gasteiger partial charge is 0.346 e. The maximum atomic E-state index is 12.4. The van der Waals surface area contributed by atoms with Crippen molar-refractivity contribution >= 4 is 58.6 Å². The highest BCUT2D eigenvalue weighted by Gasteiger charge is 2.70. The highest BCUT2D eigenvalue weighted by molar-refractivity contribution is 6.71. The zero-order valence-electron chi connectivity index (χ0n) is 10.1. The zero-order valence-corrected chi connectivity index (χ0v) is 12.4. The maximum Gasteiger partial charge on any atom is 0.346 e. The van der Waals surface area contributed by atoms with Gasteiger partial charge in [-0.15, -0.1) is 0 Å². The first-order chi connectivity index (χ1) is 8.56. The van der Waals surface area contributed by atoms with Gasteiger partial charge in [-0.05, 0) is 0 Å². The molecule has 0 aromatic heterocycles. The van der Waals surface area contributed by atoms with Gasteiger partial charge in [0.1, 0.15) is 0 Å². The molecule has 1 saturated heterocycles. The summed E-state index contributed by atoms with van der Waals surface area (Å²) in [6.45, 7) is 0. The number of carbonyl (C=O) groups is 3. The van der Waals surface area contributed by atoms with Gasteiger partial charge in [-0.2, -0.15) is 4.99 Å². The minimum atomic E-state index is -2.17. The van der Waals surface area contributed by atoms with E-state index in [0.717, 1.165) is 14.7 Å². The Bertz CT molecular complexity index is 529. The summed E-state index contributed by atoms with van der Waals surface area (Å²) < 4.78 is -2.17. The Labute approximate surface area is 123 Å². The number of carbonyl (C=O) groups excluding carboxylic acids is 3. The molecule has 5 amide bonds. The average molecular weight is 328 g/mol. The van der Waals surface area contributed by atoms with Crippen molar-refractivity contribution in [3.63, 3.8) is 0 Å². The van der Waals surface area contributed by atoms with Gasteiger partial charge in [0.25, 0.3) is 5.91 Å². The fourth-order valence-electron chi connectivity index (χ4n) is 2.18. The molecule has 0 bridgehead atoms. The molecule has 2 heterocycles. The Morgan fingerprint density at radius 3 is 2.05 bits per heavy atom. The van der Waals surface area contributed by atoms with Gasteiger partial charge in [-0.25, -0.2) is 9.59 Å². The van der Waals surface area contributed by atoms with Crippen molar-refractivity contribution in [1.29, 1.82) is 0 Å². The lowest BCUT2D eigenvalue weighted by atomic mass is 9.94. The Hall–Kier alpha value is -1.05. The number of imide groups is 1. The molecule has 2 aliphatic heterocycles. The quantitative estimate of drug-likeness (QED) is 0.625. The third-order valence-corrected chi connectivity index (χ3v) is 4.05. The molecule has 0 aliphatic carbocycles. The molecular weight excluding hydrogens is 318 g/mol. The SMILES string of the molecule is CN1C(=O)N(C)C2=NC(=O)N(C)[C@]2(C(Cl)(Cl)Cl)C1=O. The predicted molar refractivity (Wildman–Crippen MR) is 69.5 cm³/mol. The number of alkyl halides is 3. The molecule has 0 spiro atoms. The van der Waals surface area contributed by atoms with Gasteiger partial charge in [0.2, 0.25) is 9.33 Å². The van der Waals surface area contributed by atoms with E-state index in [2.05, 4.69) is 4.99 Å². The molecule has 0 aromatic carbocycles. The molecule has 7 nitrogen and oxygen atoms in total. The molecule has 1 atom stereocenters. The first kappa shape index (κ1) is 14.4. The number of rotatable bonds is 0. The number of likely N-dealkylation sites (N-methyl/N-ethyl adjacent to an activating group) is 3. The van der Waals surface area contributed by atoms with Crippen molar-refractivity contribution in [2.75, 3.05) is 21.1 Å². The van der Waals surface area contributed by atoms with Gasteiger partial charge in [-0.3, -0.25) is 14.6 Å². The lowest BCUT2D eigenvalue weighted by molar-refractivity contribution is -0.135. The summed E-state index contributed by atoms with van der Waals surface area (Å²) >= 11 is 17.7. The molecule has 19 heavy (non-hydrogen) atoms. The van der Waals surface area contributed by atoms with Crippen molar-refractivity contribution in [2.24, 2.45) is 4.99 Å². The number of hydrogen-bond acceptors (Lipinski definition) is 3. The van der Waals surface area contributed by atoms with Crippen molar-refractivity contribution in [2.45, 2.75) is 9.33 Å². The molecule has 10 heteroatoms. The van der Waals surface area contributed by atoms with E-state index in [9.17, 15) is 14.4 Å². The third-order valence-electron chi connectivity index (χ3n) is 3.23. The van der Waals surface area contributed by atoms with Crippen LogP contribution in [-0.4, -0.2) is 69.0 Å². The van der Waals surface area contributed by atoms with Crippen molar-refractivity contribution in [3.8, 4) is 0 Å². The summed E-state index contributed by atoms with van der Waals surface area (Å²) in [4.78, 5) is 42.4. The van der Waals surface area contributed by atoms with E-state index in [0.29, 0.717) is 0 Å². The molecule has 1 fully saturated rings. The van der Waals surface area contributed by atoms with Crippen LogP contribution in [-0.2, 0) is 4.79 Å². The van der Waals surface area contributed by atoms with Crippen molar-refractivity contribution in [1.82, 2.24) is 14.7 Å². The average Bonchev–Trinajstić information content (AvgIpc) is 2.57. The van der Waals surface area contributed by atoms with E-state index in [1.54, 1.807) is 0 Å². The number of amides is 5. The van der Waals surface area contributed by atoms with Gasteiger partial charge >= 0.3 is 12.1 Å². The molecule has 2 aliphatic rings. The number of halogens is 3. The summed E-state index contributed by atoms with van der Waals surface area (Å²) in [5.74, 6) is -1.00. The fourth-order valence-corrected chi connectivity index (χ4v) is 3.06. The standard InChI is InChI=1S/C9H9Cl3N4O3/c1-14-4-8(9(10,11)12,16(3)6(18)13-4)5(17)15(2)7(14)19/h1-3H3/t8-/m0/s1. The van der Waals surface area contributed by atoms with E-state index in [1.165, 1.54) is 21.1 Å². The predicted octanol–water partition coefficient (Wildman–Crippen LogP) is 1.08. The minimum Gasteiger partial charge on any atom is -0.301 e. The summed E-state index contributed by atoms with van der Waals surface area (Å²) in [6, 6.07) is -1.42. The molecule has 0 saturated carbocycles. The highest BCUT2D eigenvalue weighted by atomic mass is 35.6. The Kier molecular flexibility index (Phi) is 3.00. The topological polar surface area (TPSA) is 73.3 Å². The summed E-state index contributed by atoms with van der Waals surface area (Å²) in [6.07, 6.45) is 0. The monoisotopic (exact) mass is 326 g/mol. The molecule has 0 aromatic rings. The number of urea groups is 2. The second-order valence-corrected chi connectivity index (χ2v) is 6.47. The van der Waals surface area contributed by atoms with E-state index in [4.69, 9.17) is 34.8 Å². The summed E-state index contributed by atoms with van der Waals surface area (Å²) in [7, 11) is 3.88. The second kappa shape index (κ2) is 3.97. The lowest BCUT2D eigenvalue weighted by Crippen LogP contribution is -2.75. The van der Waals surface area contributed by atoms with Crippen LogP contribution in [0.2, 0.25) is 0 Å². The van der Waals surface area contributed by atoms with Gasteiger partial charge in [0.15, 0.2) is 5.84 Å². The molecule has 0 unspecified atom stereocenters. The van der Waals surface area contributed by atoms with Crippen LogP contribution in [0.4, 0.5) is 9.59 Å². The van der Waals surface area contributed by atoms with Crippen molar-refractivity contribution in [3.05, 3.63) is 0 Å².